The van der Waals surface area contributed by atoms with E-state index in [0.717, 1.165) is 19.2 Å². The number of carbonyl (C=O) groups excluding carboxylic acids is 1. The number of rotatable bonds is 4. The van der Waals surface area contributed by atoms with Crippen LogP contribution in [0.1, 0.15) is 27.2 Å². The van der Waals surface area contributed by atoms with Crippen LogP contribution in [-0.2, 0) is 19.9 Å². The summed E-state index contributed by atoms with van der Waals surface area (Å²) in [6, 6.07) is 6.65. The van der Waals surface area contributed by atoms with Gasteiger partial charge in [0.15, 0.2) is 0 Å². The summed E-state index contributed by atoms with van der Waals surface area (Å²) < 4.78 is 61.4. The molecule has 0 N–H and O–H groups in total. The number of allylic oxidation sites excluding steroid dienone is 1. The van der Waals surface area contributed by atoms with Gasteiger partial charge in [0.1, 0.15) is 6.08 Å². The average molecular weight is 448 g/mol. The van der Waals surface area contributed by atoms with Gasteiger partial charge in [0.05, 0.1) is 6.20 Å². The average Bonchev–Trinajstić information content (AvgIpc) is 2.78. The molecule has 1 fully saturated rings. The number of alkyl halides is 4. The van der Waals surface area contributed by atoms with Crippen molar-refractivity contribution in [3.05, 3.63) is 48.0 Å². The van der Waals surface area contributed by atoms with E-state index in [-0.39, 0.29) is 16.9 Å². The predicted octanol–water partition coefficient (Wildman–Crippen LogP) is 5.00. The molecule has 0 aliphatic heterocycles. The van der Waals surface area contributed by atoms with Crippen LogP contribution in [0.5, 0.6) is 0 Å². The Labute approximate surface area is 166 Å². The molecule has 0 amide bonds. The monoisotopic (exact) mass is 447 g/mol. The van der Waals surface area contributed by atoms with Gasteiger partial charge in [-0.15, -0.1) is 0 Å². The van der Waals surface area contributed by atoms with E-state index in [0.29, 0.717) is 6.42 Å². The molecule has 3 nitrogen and oxygen atoms in total. The van der Waals surface area contributed by atoms with Crippen molar-refractivity contribution in [2.24, 2.45) is 17.3 Å². The highest BCUT2D eigenvalue weighted by atomic mass is 79.9. The van der Waals surface area contributed by atoms with E-state index in [1.807, 2.05) is 19.9 Å². The van der Waals surface area contributed by atoms with Gasteiger partial charge >= 0.3 is 12.1 Å². The Bertz CT molecular complexity index is 783. The Morgan fingerprint density at radius 3 is 2.41 bits per heavy atom. The van der Waals surface area contributed by atoms with Gasteiger partial charge in [-0.1, -0.05) is 72.3 Å². The van der Waals surface area contributed by atoms with Crippen LogP contribution >= 0.6 is 15.9 Å². The lowest BCUT2D eigenvalue weighted by molar-refractivity contribution is -0.280. The van der Waals surface area contributed by atoms with E-state index in [9.17, 15) is 18.0 Å². The first-order valence-corrected chi connectivity index (χ1v) is 9.56. The SMILES string of the molecule is [2H]C1(OC(=O)C(OC)(c2ccccc2)C(F)(F)F)C2CC(C=C[C@@H]1Br)C2(C)C. The number of hydrogen-bond acceptors (Lipinski definition) is 3. The number of halogens is 4. The molecule has 1 saturated carbocycles. The maximum Gasteiger partial charge on any atom is 0.432 e. The Morgan fingerprint density at radius 1 is 1.26 bits per heavy atom. The van der Waals surface area contributed by atoms with Gasteiger partial charge in [-0.3, -0.25) is 0 Å². The third kappa shape index (κ3) is 3.12. The fourth-order valence-electron chi connectivity index (χ4n) is 3.98. The van der Waals surface area contributed by atoms with Crippen molar-refractivity contribution < 1.29 is 28.8 Å². The van der Waals surface area contributed by atoms with Crippen LogP contribution in [0.2, 0.25) is 0 Å². The number of fused-ring (bicyclic) bond motifs is 2. The Balaban J connectivity index is 2.04. The fourth-order valence-corrected chi connectivity index (χ4v) is 4.57. The fraction of sp³-hybridized carbons (Fsp3) is 0.550. The van der Waals surface area contributed by atoms with Gasteiger partial charge in [0.25, 0.3) is 5.60 Å². The minimum Gasteiger partial charge on any atom is -0.458 e. The first-order valence-electron chi connectivity index (χ1n) is 9.14. The first-order chi connectivity index (χ1) is 12.9. The van der Waals surface area contributed by atoms with Gasteiger partial charge in [-0.2, -0.15) is 13.2 Å². The van der Waals surface area contributed by atoms with Crippen molar-refractivity contribution in [1.29, 1.82) is 0 Å². The maximum atomic E-state index is 14.1. The van der Waals surface area contributed by atoms with Crippen molar-refractivity contribution in [2.45, 2.75) is 43.0 Å². The van der Waals surface area contributed by atoms with E-state index in [4.69, 9.17) is 10.8 Å². The number of methoxy groups -OCH3 is 1. The van der Waals surface area contributed by atoms with Crippen molar-refractivity contribution in [3.8, 4) is 0 Å². The summed E-state index contributed by atoms with van der Waals surface area (Å²) in [6.07, 6.45) is -2.78. The van der Waals surface area contributed by atoms with Crippen LogP contribution in [0.3, 0.4) is 0 Å². The topological polar surface area (TPSA) is 35.5 Å². The van der Waals surface area contributed by atoms with Crippen molar-refractivity contribution in [1.82, 2.24) is 0 Å². The molecule has 1 aromatic rings. The molecule has 0 heterocycles. The van der Waals surface area contributed by atoms with Crippen molar-refractivity contribution in [2.75, 3.05) is 7.11 Å². The van der Waals surface area contributed by atoms with Gasteiger partial charge in [-0.05, 0) is 17.8 Å². The molecule has 5 atom stereocenters. The van der Waals surface area contributed by atoms with Crippen LogP contribution in [0.4, 0.5) is 13.2 Å². The quantitative estimate of drug-likeness (QED) is 0.370. The smallest absolute Gasteiger partial charge is 0.432 e. The normalized spacial score (nSPS) is 34.6. The number of esters is 1. The minimum absolute atomic E-state index is 0.187. The van der Waals surface area contributed by atoms with E-state index in [1.54, 1.807) is 12.1 Å². The minimum atomic E-state index is -5.07. The number of hydrogen-bond donors (Lipinski definition) is 0. The number of carbonyl (C=O) groups is 1. The molecule has 1 aromatic carbocycles. The largest absolute Gasteiger partial charge is 0.458 e. The van der Waals surface area contributed by atoms with Gasteiger partial charge in [0, 0.05) is 18.6 Å². The molecular weight excluding hydrogens is 425 g/mol. The number of ether oxygens (including phenoxy) is 2. The standard InChI is InChI=1S/C20H22BrF3O3/c1-18(2)13-9-10-15(21)16(14(18)11-13)27-17(25)19(26-3,20(22,23)24)12-7-5-4-6-8-12/h4-10,13-16H,11H2,1-3H3/t13?,14?,15-,16?,19?/m0/s1/i16D. The zero-order chi connectivity index (χ0) is 21.0. The molecule has 0 saturated heterocycles. The van der Waals surface area contributed by atoms with Crippen LogP contribution in [0.25, 0.3) is 0 Å². The second-order valence-corrected chi connectivity index (χ2v) is 8.53. The first kappa shape index (κ1) is 19.0. The zero-order valence-electron chi connectivity index (χ0n) is 16.2. The molecule has 0 radical (unpaired) electrons. The lowest BCUT2D eigenvalue weighted by atomic mass is 9.54. The molecule has 148 valence electrons. The highest BCUT2D eigenvalue weighted by Crippen LogP contribution is 2.57. The van der Waals surface area contributed by atoms with Crippen molar-refractivity contribution >= 4 is 21.9 Å². The lowest BCUT2D eigenvalue weighted by Gasteiger charge is -2.53. The second kappa shape index (κ2) is 6.92. The molecule has 3 aliphatic carbocycles. The lowest BCUT2D eigenvalue weighted by Crippen LogP contribution is -2.56. The summed E-state index contributed by atoms with van der Waals surface area (Å²) in [5, 5.41) is 0. The molecule has 0 spiro atoms. The Hall–Kier alpha value is -1.34. The molecule has 0 aromatic heterocycles. The summed E-state index contributed by atoms with van der Waals surface area (Å²) in [7, 11) is 0.820. The molecule has 7 heteroatoms. The van der Waals surface area contributed by atoms with Crippen LogP contribution in [0, 0.1) is 17.3 Å². The summed E-state index contributed by atoms with van der Waals surface area (Å²) in [5.74, 6) is -1.87. The summed E-state index contributed by atoms with van der Waals surface area (Å²) >= 11 is 3.33. The molecule has 4 rings (SSSR count). The van der Waals surface area contributed by atoms with Crippen LogP contribution in [0.15, 0.2) is 42.5 Å². The van der Waals surface area contributed by atoms with E-state index in [1.165, 1.54) is 12.1 Å². The van der Waals surface area contributed by atoms with E-state index < -0.39 is 34.6 Å². The summed E-state index contributed by atoms with van der Waals surface area (Å²) in [4.78, 5) is 12.3. The summed E-state index contributed by atoms with van der Waals surface area (Å²) in [5.41, 5.74) is -4.07. The second-order valence-electron chi connectivity index (χ2n) is 7.54. The van der Waals surface area contributed by atoms with Crippen molar-refractivity contribution in [3.63, 3.8) is 0 Å². The summed E-state index contributed by atoms with van der Waals surface area (Å²) in [6.45, 7) is 3.87. The van der Waals surface area contributed by atoms with E-state index in [2.05, 4.69) is 15.9 Å². The maximum absolute atomic E-state index is 14.1. The molecule has 3 aliphatic rings. The molecule has 4 unspecified atom stereocenters. The molecule has 27 heavy (non-hydrogen) atoms. The highest BCUT2D eigenvalue weighted by molar-refractivity contribution is 9.09. The zero-order valence-corrected chi connectivity index (χ0v) is 16.8. The third-order valence-electron chi connectivity index (χ3n) is 5.85. The highest BCUT2D eigenvalue weighted by Gasteiger charge is 2.65. The Kier molecular flexibility index (Phi) is 4.87. The molecular formula is C20H22BrF3O3. The molecule has 2 bridgehead atoms. The van der Waals surface area contributed by atoms with E-state index >= 15 is 0 Å². The third-order valence-corrected chi connectivity index (χ3v) is 6.61. The number of benzene rings is 1. The van der Waals surface area contributed by atoms with Crippen LogP contribution < -0.4 is 0 Å². The Morgan fingerprint density at radius 2 is 1.89 bits per heavy atom. The van der Waals surface area contributed by atoms with Crippen LogP contribution in [-0.4, -0.2) is 30.2 Å². The van der Waals surface area contributed by atoms with Gasteiger partial charge in [-0.25, -0.2) is 4.79 Å². The van der Waals surface area contributed by atoms with Gasteiger partial charge in [0.2, 0.25) is 0 Å². The predicted molar refractivity (Wildman–Crippen MR) is 98.3 cm³/mol. The van der Waals surface area contributed by atoms with Gasteiger partial charge < -0.3 is 9.47 Å².